The van der Waals surface area contributed by atoms with Gasteiger partial charge in [-0.25, -0.2) is 9.18 Å². The molecule has 0 N–H and O–H groups in total. The van der Waals surface area contributed by atoms with Crippen molar-refractivity contribution in [2.75, 3.05) is 57.4 Å². The van der Waals surface area contributed by atoms with Crippen molar-refractivity contribution in [2.45, 2.75) is 70.3 Å². The third-order valence-corrected chi connectivity index (χ3v) is 9.42. The Kier molecular flexibility index (Phi) is 7.94. The number of piperazine rings is 1. The molecule has 1 aromatic carbocycles. The third kappa shape index (κ3) is 6.37. The molecule has 0 radical (unpaired) electrons. The van der Waals surface area contributed by atoms with Crippen LogP contribution in [0.25, 0.3) is 10.9 Å². The summed E-state index contributed by atoms with van der Waals surface area (Å²) in [5.74, 6) is -0.959. The maximum Gasteiger partial charge on any atom is 0.417 e. The first-order valence-electron chi connectivity index (χ1n) is 14.7. The molecule has 2 atom stereocenters. The minimum atomic E-state index is -4.80. The monoisotopic (exact) mass is 673 g/mol. The number of nitrogens with zero attached hydrogens (tertiary/aromatic N) is 5. The topological polar surface area (TPSA) is 80.3 Å². The highest BCUT2D eigenvalue weighted by atomic mass is 79.9. The molecule has 1 saturated carbocycles. The molecule has 43 heavy (non-hydrogen) atoms. The number of alkyl halides is 3. The van der Waals surface area contributed by atoms with Crippen molar-refractivity contribution in [2.24, 2.45) is 5.41 Å². The zero-order chi connectivity index (χ0) is 30.7. The number of carbonyl (C=O) groups excluding carboxylic acids is 1. The lowest BCUT2D eigenvalue weighted by molar-refractivity contribution is -0.138. The Morgan fingerprint density at radius 3 is 2.35 bits per heavy atom. The molecule has 6 rings (SSSR count). The van der Waals surface area contributed by atoms with Gasteiger partial charge in [-0.2, -0.15) is 23.1 Å². The number of fused-ring (bicyclic) bond motifs is 3. The molecular formula is C29H36BrF4N5O4. The van der Waals surface area contributed by atoms with Crippen LogP contribution in [-0.2, 0) is 15.7 Å². The van der Waals surface area contributed by atoms with E-state index < -0.39 is 33.7 Å². The summed E-state index contributed by atoms with van der Waals surface area (Å²) in [7, 11) is 0. The van der Waals surface area contributed by atoms with E-state index in [1.807, 2.05) is 4.90 Å². The highest BCUT2D eigenvalue weighted by Gasteiger charge is 2.47. The number of carbonyl (C=O) groups is 1. The second-order valence-electron chi connectivity index (χ2n) is 13.1. The zero-order valence-electron chi connectivity index (χ0n) is 24.5. The van der Waals surface area contributed by atoms with E-state index in [1.54, 1.807) is 25.7 Å². The van der Waals surface area contributed by atoms with Gasteiger partial charge in [-0.3, -0.25) is 9.80 Å². The summed E-state index contributed by atoms with van der Waals surface area (Å²) in [6.07, 6.45) is -1.85. The van der Waals surface area contributed by atoms with Crippen molar-refractivity contribution in [3.8, 4) is 6.01 Å². The zero-order valence-corrected chi connectivity index (χ0v) is 26.1. The Morgan fingerprint density at radius 2 is 1.77 bits per heavy atom. The number of aromatic nitrogens is 2. The van der Waals surface area contributed by atoms with Crippen LogP contribution in [0.3, 0.4) is 0 Å². The van der Waals surface area contributed by atoms with E-state index in [1.165, 1.54) is 0 Å². The molecule has 2 aromatic rings. The van der Waals surface area contributed by atoms with Crippen LogP contribution in [0.5, 0.6) is 6.01 Å². The van der Waals surface area contributed by atoms with Crippen LogP contribution < -0.4 is 9.64 Å². The summed E-state index contributed by atoms with van der Waals surface area (Å²) in [5.41, 5.74) is -2.14. The Bertz CT molecular complexity index is 1380. The molecule has 9 nitrogen and oxygen atoms in total. The Morgan fingerprint density at radius 1 is 1.12 bits per heavy atom. The summed E-state index contributed by atoms with van der Waals surface area (Å²) in [6, 6.07) is 0.357. The average molecular weight is 675 g/mol. The fourth-order valence-electron chi connectivity index (χ4n) is 6.34. The van der Waals surface area contributed by atoms with Gasteiger partial charge >= 0.3 is 18.3 Å². The van der Waals surface area contributed by atoms with Gasteiger partial charge in [0.15, 0.2) is 5.82 Å². The molecule has 0 unspecified atom stereocenters. The van der Waals surface area contributed by atoms with E-state index in [0.29, 0.717) is 45.8 Å². The lowest BCUT2D eigenvalue weighted by atomic mass is 10.1. The van der Waals surface area contributed by atoms with E-state index in [-0.39, 0.29) is 40.2 Å². The molecule has 14 heteroatoms. The minimum Gasteiger partial charge on any atom is -0.463 e. The minimum absolute atomic E-state index is 0.0556. The van der Waals surface area contributed by atoms with Gasteiger partial charge in [0.25, 0.3) is 0 Å². The molecular weight excluding hydrogens is 638 g/mol. The van der Waals surface area contributed by atoms with Crippen molar-refractivity contribution in [3.05, 3.63) is 21.9 Å². The van der Waals surface area contributed by atoms with Crippen LogP contribution in [0.1, 0.15) is 52.0 Å². The number of halogens is 5. The predicted octanol–water partition coefficient (Wildman–Crippen LogP) is 5.63. The quantitative estimate of drug-likeness (QED) is 0.365. The predicted molar refractivity (Wildman–Crippen MR) is 154 cm³/mol. The number of rotatable bonds is 6. The molecule has 4 fully saturated rings. The van der Waals surface area contributed by atoms with E-state index in [4.69, 9.17) is 14.2 Å². The maximum atomic E-state index is 15.6. The van der Waals surface area contributed by atoms with Crippen molar-refractivity contribution < 1.29 is 36.6 Å². The van der Waals surface area contributed by atoms with Crippen molar-refractivity contribution in [3.63, 3.8) is 0 Å². The summed E-state index contributed by atoms with van der Waals surface area (Å²) >= 11 is 2.81. The number of ether oxygens (including phenoxy) is 3. The van der Waals surface area contributed by atoms with Gasteiger partial charge < -0.3 is 19.1 Å². The Labute approximate surface area is 256 Å². The normalized spacial score (nSPS) is 24.0. The number of hydrogen-bond acceptors (Lipinski definition) is 8. The molecule has 0 spiro atoms. The first-order valence-corrected chi connectivity index (χ1v) is 15.5. The highest BCUT2D eigenvalue weighted by Crippen LogP contribution is 2.47. The molecule has 3 aliphatic heterocycles. The molecule has 1 aliphatic carbocycles. The second kappa shape index (κ2) is 11.2. The first kappa shape index (κ1) is 30.6. The number of anilines is 1. The standard InChI is InChI=1S/C29H36BrF4N5O4/c1-27(2,3)43-26(40)39-17-4-5-18(39)14-38(13-17)24-19-12-20(29(32,33)34)21(30)22(31)23(19)35-25(36-24)42-16-28(6-7-28)15-37-8-10-41-11-9-37/h12,17-18H,4-11,13-16H2,1-3H3/t17-,18+. The molecule has 236 valence electrons. The van der Waals surface area contributed by atoms with Gasteiger partial charge in [0.2, 0.25) is 0 Å². The average Bonchev–Trinajstić information content (AvgIpc) is 3.64. The fraction of sp³-hybridized carbons (Fsp3) is 0.690. The summed E-state index contributed by atoms with van der Waals surface area (Å²) in [6.45, 7) is 10.2. The van der Waals surface area contributed by atoms with Gasteiger partial charge in [0, 0.05) is 43.5 Å². The van der Waals surface area contributed by atoms with Crippen LogP contribution in [0, 0.1) is 11.2 Å². The van der Waals surface area contributed by atoms with Crippen LogP contribution in [0.4, 0.5) is 28.2 Å². The van der Waals surface area contributed by atoms with E-state index in [2.05, 4.69) is 30.8 Å². The number of hydrogen-bond donors (Lipinski definition) is 0. The molecule has 3 saturated heterocycles. The van der Waals surface area contributed by atoms with Crippen molar-refractivity contribution in [1.29, 1.82) is 0 Å². The smallest absolute Gasteiger partial charge is 0.417 e. The number of amides is 1. The molecule has 4 aliphatic rings. The van der Waals surface area contributed by atoms with Gasteiger partial charge in [0.05, 0.1) is 41.9 Å². The highest BCUT2D eigenvalue weighted by molar-refractivity contribution is 9.10. The van der Waals surface area contributed by atoms with Gasteiger partial charge in [0.1, 0.15) is 16.9 Å². The second-order valence-corrected chi connectivity index (χ2v) is 13.9. The van der Waals surface area contributed by atoms with Crippen LogP contribution >= 0.6 is 15.9 Å². The van der Waals surface area contributed by atoms with Gasteiger partial charge in [-0.1, -0.05) is 0 Å². The Balaban J connectivity index is 1.32. The lowest BCUT2D eigenvalue weighted by Crippen LogP contribution is -2.57. The van der Waals surface area contributed by atoms with Crippen molar-refractivity contribution in [1.82, 2.24) is 19.8 Å². The summed E-state index contributed by atoms with van der Waals surface area (Å²) < 4.78 is 73.8. The van der Waals surface area contributed by atoms with E-state index in [9.17, 15) is 18.0 Å². The van der Waals surface area contributed by atoms with Crippen LogP contribution in [0.15, 0.2) is 10.5 Å². The molecule has 4 heterocycles. The molecule has 2 bridgehead atoms. The van der Waals surface area contributed by atoms with Crippen LogP contribution in [0.2, 0.25) is 0 Å². The van der Waals surface area contributed by atoms with Crippen LogP contribution in [-0.4, -0.2) is 96.1 Å². The first-order chi connectivity index (χ1) is 20.2. The largest absolute Gasteiger partial charge is 0.463 e. The SMILES string of the molecule is CC(C)(C)OC(=O)N1[C@@H]2CC[C@H]1CN(c1nc(OCC3(CN4CCOCC4)CC3)nc3c(F)c(Br)c(C(F)(F)F)cc13)C2. The third-order valence-electron chi connectivity index (χ3n) is 8.65. The summed E-state index contributed by atoms with van der Waals surface area (Å²) in [5, 5.41) is -0.0556. The Hall–Kier alpha value is -2.45. The number of benzene rings is 1. The van der Waals surface area contributed by atoms with Crippen molar-refractivity contribution >= 4 is 38.7 Å². The fourth-order valence-corrected chi connectivity index (χ4v) is 6.87. The van der Waals surface area contributed by atoms with Gasteiger partial charge in [-0.15, -0.1) is 0 Å². The lowest BCUT2D eigenvalue weighted by Gasteiger charge is -2.42. The number of morpholine rings is 1. The van der Waals surface area contributed by atoms with E-state index in [0.717, 1.165) is 38.5 Å². The summed E-state index contributed by atoms with van der Waals surface area (Å²) in [4.78, 5) is 27.8. The molecule has 1 amide bonds. The van der Waals surface area contributed by atoms with E-state index >= 15 is 4.39 Å². The molecule has 1 aromatic heterocycles. The maximum absolute atomic E-state index is 15.6. The van der Waals surface area contributed by atoms with Gasteiger partial charge in [-0.05, 0) is 68.5 Å².